The van der Waals surface area contributed by atoms with E-state index < -0.39 is 6.10 Å². The topological polar surface area (TPSA) is 58.9 Å². The first-order valence-electron chi connectivity index (χ1n) is 12.0. The smallest absolute Gasteiger partial charge is 0.0854 e. The van der Waals surface area contributed by atoms with E-state index in [4.69, 9.17) is 21.1 Å². The summed E-state index contributed by atoms with van der Waals surface area (Å²) in [5, 5.41) is 20.4. The van der Waals surface area contributed by atoms with Crippen molar-refractivity contribution in [2.24, 2.45) is 0 Å². The molecule has 1 spiro atoms. The Morgan fingerprint density at radius 2 is 1.75 bits per heavy atom. The maximum Gasteiger partial charge on any atom is 0.0854 e. The SMILES string of the molecule is OCC1CC(O)CC(c2ccc(Cl)c(Cc3ccc(C4COC5(CCCC5)C4)cc3)c2)O1. The minimum absolute atomic E-state index is 0.0759. The summed E-state index contributed by atoms with van der Waals surface area (Å²) in [5.41, 5.74) is 4.80. The molecular weight excluding hydrogens is 424 g/mol. The minimum Gasteiger partial charge on any atom is -0.394 e. The highest BCUT2D eigenvalue weighted by molar-refractivity contribution is 6.31. The summed E-state index contributed by atoms with van der Waals surface area (Å²) in [6, 6.07) is 14.9. The third-order valence-electron chi connectivity index (χ3n) is 7.59. The fourth-order valence-corrected chi connectivity index (χ4v) is 5.99. The summed E-state index contributed by atoms with van der Waals surface area (Å²) in [6.45, 7) is 0.767. The minimum atomic E-state index is -0.458. The van der Waals surface area contributed by atoms with Gasteiger partial charge in [0.1, 0.15) is 0 Å². The van der Waals surface area contributed by atoms with Crippen LogP contribution in [-0.4, -0.2) is 41.2 Å². The van der Waals surface area contributed by atoms with E-state index >= 15 is 0 Å². The van der Waals surface area contributed by atoms with Crippen LogP contribution >= 0.6 is 11.6 Å². The molecule has 0 radical (unpaired) electrons. The van der Waals surface area contributed by atoms with Gasteiger partial charge in [-0.05, 0) is 54.0 Å². The van der Waals surface area contributed by atoms with E-state index in [9.17, 15) is 10.2 Å². The Bertz CT molecular complexity index is 922. The predicted octanol–water partition coefficient (Wildman–Crippen LogP) is 5.32. The highest BCUT2D eigenvalue weighted by Crippen LogP contribution is 2.46. The largest absolute Gasteiger partial charge is 0.394 e. The van der Waals surface area contributed by atoms with Crippen LogP contribution in [0, 0.1) is 0 Å². The lowest BCUT2D eigenvalue weighted by Crippen LogP contribution is -2.33. The number of halogens is 1. The lowest BCUT2D eigenvalue weighted by molar-refractivity contribution is -0.113. The van der Waals surface area contributed by atoms with Gasteiger partial charge in [0, 0.05) is 23.8 Å². The van der Waals surface area contributed by atoms with E-state index in [2.05, 4.69) is 30.3 Å². The molecule has 0 aromatic heterocycles. The molecule has 4 atom stereocenters. The second kappa shape index (κ2) is 9.44. The maximum atomic E-state index is 10.2. The fraction of sp³-hybridized carbons (Fsp3) is 0.556. The quantitative estimate of drug-likeness (QED) is 0.639. The zero-order valence-electron chi connectivity index (χ0n) is 18.5. The molecule has 2 N–H and O–H groups in total. The summed E-state index contributed by atoms with van der Waals surface area (Å²) < 4.78 is 12.2. The highest BCUT2D eigenvalue weighted by Gasteiger charge is 2.42. The Balaban J connectivity index is 1.27. The second-order valence-electron chi connectivity index (χ2n) is 9.93. The van der Waals surface area contributed by atoms with Gasteiger partial charge in [0.15, 0.2) is 0 Å². The van der Waals surface area contributed by atoms with E-state index in [1.807, 2.05) is 12.1 Å². The van der Waals surface area contributed by atoms with Crippen LogP contribution < -0.4 is 0 Å². The standard InChI is InChI=1S/C27H33ClO4/c28-25-8-7-20(26-14-23(30)13-24(16-29)32-26)12-21(25)11-18-3-5-19(6-4-18)22-15-27(31-17-22)9-1-2-10-27/h3-8,12,22-24,26,29-30H,1-2,9-11,13-17H2. The molecule has 3 fully saturated rings. The molecule has 5 heteroatoms. The molecule has 2 aromatic rings. The molecular formula is C27H33ClO4. The van der Waals surface area contributed by atoms with Crippen molar-refractivity contribution in [1.82, 2.24) is 0 Å². The van der Waals surface area contributed by atoms with Crippen LogP contribution in [0.2, 0.25) is 5.02 Å². The van der Waals surface area contributed by atoms with Crippen molar-refractivity contribution in [2.75, 3.05) is 13.2 Å². The van der Waals surface area contributed by atoms with Crippen molar-refractivity contribution in [2.45, 2.75) is 81.2 Å². The summed E-state index contributed by atoms with van der Waals surface area (Å²) in [5.74, 6) is 0.503. The average Bonchev–Trinajstić information content (AvgIpc) is 3.45. The van der Waals surface area contributed by atoms with Gasteiger partial charge in [-0.25, -0.2) is 0 Å². The number of benzene rings is 2. The number of hydrogen-bond acceptors (Lipinski definition) is 4. The Morgan fingerprint density at radius 1 is 1.00 bits per heavy atom. The third kappa shape index (κ3) is 4.76. The first-order chi connectivity index (χ1) is 15.5. The van der Waals surface area contributed by atoms with Crippen LogP contribution in [0.1, 0.15) is 79.2 Å². The molecule has 0 bridgehead atoms. The predicted molar refractivity (Wildman–Crippen MR) is 125 cm³/mol. The lowest BCUT2D eigenvalue weighted by Gasteiger charge is -2.32. The molecule has 32 heavy (non-hydrogen) atoms. The number of hydrogen-bond donors (Lipinski definition) is 2. The normalized spacial score (nSPS) is 29.6. The Hall–Kier alpha value is -1.43. The van der Waals surface area contributed by atoms with Crippen molar-refractivity contribution in [3.05, 3.63) is 69.7 Å². The van der Waals surface area contributed by atoms with Crippen molar-refractivity contribution in [3.8, 4) is 0 Å². The van der Waals surface area contributed by atoms with Crippen molar-refractivity contribution >= 4 is 11.6 Å². The van der Waals surface area contributed by atoms with Gasteiger partial charge in [0.25, 0.3) is 0 Å². The van der Waals surface area contributed by atoms with Crippen LogP contribution in [-0.2, 0) is 15.9 Å². The molecule has 2 heterocycles. The van der Waals surface area contributed by atoms with Gasteiger partial charge < -0.3 is 19.7 Å². The molecule has 4 unspecified atom stereocenters. The van der Waals surface area contributed by atoms with Crippen molar-refractivity contribution in [3.63, 3.8) is 0 Å². The number of ether oxygens (including phenoxy) is 2. The van der Waals surface area contributed by atoms with Gasteiger partial charge in [-0.2, -0.15) is 0 Å². The number of aliphatic hydroxyl groups excluding tert-OH is 2. The molecule has 4 nitrogen and oxygen atoms in total. The molecule has 3 aliphatic rings. The first-order valence-corrected chi connectivity index (χ1v) is 12.4. The molecule has 1 saturated carbocycles. The zero-order chi connectivity index (χ0) is 22.1. The monoisotopic (exact) mass is 456 g/mol. The van der Waals surface area contributed by atoms with Gasteiger partial charge in [-0.1, -0.05) is 60.8 Å². The molecule has 0 amide bonds. The fourth-order valence-electron chi connectivity index (χ4n) is 5.81. The van der Waals surface area contributed by atoms with E-state index in [1.165, 1.54) is 36.8 Å². The molecule has 1 aliphatic carbocycles. The lowest BCUT2D eigenvalue weighted by atomic mass is 9.88. The van der Waals surface area contributed by atoms with E-state index in [1.54, 1.807) is 0 Å². The molecule has 2 saturated heterocycles. The third-order valence-corrected chi connectivity index (χ3v) is 7.96. The van der Waals surface area contributed by atoms with E-state index in [0.717, 1.165) is 35.6 Å². The van der Waals surface area contributed by atoms with E-state index in [-0.39, 0.29) is 24.4 Å². The van der Waals surface area contributed by atoms with Gasteiger partial charge in [0.2, 0.25) is 0 Å². The van der Waals surface area contributed by atoms with Crippen molar-refractivity contribution in [1.29, 1.82) is 0 Å². The van der Waals surface area contributed by atoms with Crippen LogP contribution in [0.3, 0.4) is 0 Å². The number of rotatable bonds is 5. The van der Waals surface area contributed by atoms with Gasteiger partial charge >= 0.3 is 0 Å². The summed E-state index contributed by atoms with van der Waals surface area (Å²) in [6.07, 6.45) is 6.96. The molecule has 172 valence electrons. The van der Waals surface area contributed by atoms with Crippen LogP contribution in [0.5, 0.6) is 0 Å². The van der Waals surface area contributed by atoms with Gasteiger partial charge in [-0.3, -0.25) is 0 Å². The Kier molecular flexibility index (Phi) is 6.60. The summed E-state index contributed by atoms with van der Waals surface area (Å²) in [7, 11) is 0. The van der Waals surface area contributed by atoms with Crippen molar-refractivity contribution < 1.29 is 19.7 Å². The summed E-state index contributed by atoms with van der Waals surface area (Å²) in [4.78, 5) is 0. The first kappa shape index (κ1) is 22.4. The highest BCUT2D eigenvalue weighted by atomic mass is 35.5. The molecule has 5 rings (SSSR count). The van der Waals surface area contributed by atoms with Crippen LogP contribution in [0.4, 0.5) is 0 Å². The number of aliphatic hydroxyl groups is 2. The van der Waals surface area contributed by atoms with Crippen LogP contribution in [0.25, 0.3) is 0 Å². The second-order valence-corrected chi connectivity index (χ2v) is 10.3. The Labute approximate surface area is 195 Å². The Morgan fingerprint density at radius 3 is 2.50 bits per heavy atom. The van der Waals surface area contributed by atoms with Gasteiger partial charge in [-0.15, -0.1) is 0 Å². The maximum absolute atomic E-state index is 10.2. The molecule has 2 aromatic carbocycles. The van der Waals surface area contributed by atoms with Gasteiger partial charge in [0.05, 0.1) is 37.1 Å². The van der Waals surface area contributed by atoms with E-state index in [0.29, 0.717) is 18.8 Å². The summed E-state index contributed by atoms with van der Waals surface area (Å²) >= 11 is 6.53. The zero-order valence-corrected chi connectivity index (χ0v) is 19.3. The van der Waals surface area contributed by atoms with Crippen LogP contribution in [0.15, 0.2) is 42.5 Å². The average molecular weight is 457 g/mol. The molecule has 2 aliphatic heterocycles.